The number of carbonyl (C=O) groups excluding carboxylic acids is 2. The second-order valence-electron chi connectivity index (χ2n) is 6.49. The van der Waals surface area contributed by atoms with Gasteiger partial charge in [0.15, 0.2) is 0 Å². The van der Waals surface area contributed by atoms with Crippen molar-refractivity contribution in [2.24, 2.45) is 5.41 Å². The Kier molecular flexibility index (Phi) is 5.42. The third kappa shape index (κ3) is 4.12. The lowest BCUT2D eigenvalue weighted by Gasteiger charge is -2.39. The average molecular weight is 285 g/mol. The minimum atomic E-state index is -0.489. The van der Waals surface area contributed by atoms with Crippen molar-refractivity contribution >= 4 is 12.1 Å². The molecule has 0 radical (unpaired) electrons. The van der Waals surface area contributed by atoms with Crippen molar-refractivity contribution in [2.75, 3.05) is 20.2 Å². The van der Waals surface area contributed by atoms with Gasteiger partial charge in [-0.1, -0.05) is 13.3 Å². The molecule has 0 aromatic heterocycles. The van der Waals surface area contributed by atoms with Gasteiger partial charge in [-0.3, -0.25) is 4.79 Å². The molecule has 0 bridgehead atoms. The van der Waals surface area contributed by atoms with Crippen molar-refractivity contribution in [3.05, 3.63) is 0 Å². The number of esters is 1. The quantitative estimate of drug-likeness (QED) is 0.748. The monoisotopic (exact) mass is 285 g/mol. The zero-order valence-corrected chi connectivity index (χ0v) is 13.3. The zero-order chi connectivity index (χ0) is 15.4. The van der Waals surface area contributed by atoms with Gasteiger partial charge in [0.25, 0.3) is 0 Å². The van der Waals surface area contributed by atoms with Gasteiger partial charge in [0.2, 0.25) is 0 Å². The number of rotatable bonds is 3. The lowest BCUT2D eigenvalue weighted by Crippen LogP contribution is -2.48. The number of hydrogen-bond donors (Lipinski definition) is 0. The van der Waals surface area contributed by atoms with E-state index in [1.54, 1.807) is 4.90 Å². The van der Waals surface area contributed by atoms with Crippen molar-refractivity contribution in [1.82, 2.24) is 4.90 Å². The highest BCUT2D eigenvalue weighted by Gasteiger charge is 2.43. The van der Waals surface area contributed by atoms with Gasteiger partial charge in [0.05, 0.1) is 12.5 Å². The summed E-state index contributed by atoms with van der Waals surface area (Å²) in [6.07, 6.45) is 2.73. The molecule has 1 aliphatic heterocycles. The van der Waals surface area contributed by atoms with E-state index >= 15 is 0 Å². The summed E-state index contributed by atoms with van der Waals surface area (Å²) in [4.78, 5) is 25.7. The normalized spacial score (nSPS) is 18.6. The Morgan fingerprint density at radius 3 is 2.15 bits per heavy atom. The van der Waals surface area contributed by atoms with Crippen molar-refractivity contribution in [2.45, 2.75) is 59.0 Å². The number of piperidine rings is 1. The first-order valence-corrected chi connectivity index (χ1v) is 7.30. The lowest BCUT2D eigenvalue weighted by atomic mass is 9.75. The van der Waals surface area contributed by atoms with Gasteiger partial charge in [0.1, 0.15) is 5.60 Å². The van der Waals surface area contributed by atoms with Crippen LogP contribution in [0.3, 0.4) is 0 Å². The Labute approximate surface area is 121 Å². The van der Waals surface area contributed by atoms with Gasteiger partial charge in [-0.05, 0) is 40.0 Å². The van der Waals surface area contributed by atoms with Gasteiger partial charge >= 0.3 is 12.1 Å². The maximum absolute atomic E-state index is 12.0. The van der Waals surface area contributed by atoms with Crippen LogP contribution in [-0.2, 0) is 14.3 Å². The molecule has 0 unspecified atom stereocenters. The van der Waals surface area contributed by atoms with E-state index in [-0.39, 0.29) is 12.1 Å². The number of amides is 1. The third-order valence-electron chi connectivity index (χ3n) is 3.72. The Morgan fingerprint density at radius 1 is 1.20 bits per heavy atom. The van der Waals surface area contributed by atoms with Crippen LogP contribution in [0.1, 0.15) is 53.4 Å². The molecule has 5 nitrogen and oxygen atoms in total. The van der Waals surface area contributed by atoms with Crippen LogP contribution >= 0.6 is 0 Å². The molecule has 1 heterocycles. The number of ether oxygens (including phenoxy) is 2. The summed E-state index contributed by atoms with van der Waals surface area (Å²) in [5, 5.41) is 0. The first-order chi connectivity index (χ1) is 9.24. The van der Waals surface area contributed by atoms with Crippen LogP contribution in [-0.4, -0.2) is 42.8 Å². The van der Waals surface area contributed by atoms with Crippen LogP contribution < -0.4 is 0 Å². The number of likely N-dealkylation sites (tertiary alicyclic amines) is 1. The summed E-state index contributed by atoms with van der Waals surface area (Å²) in [5.74, 6) is -0.150. The standard InChI is InChI=1S/C15H27NO4/c1-6-7-15(12(17)19-5)8-10-16(11-9-15)13(18)20-14(2,3)4/h6-11H2,1-5H3. The molecule has 0 aliphatic carbocycles. The second kappa shape index (κ2) is 6.46. The van der Waals surface area contributed by atoms with E-state index < -0.39 is 11.0 Å². The molecule has 5 heteroatoms. The fraction of sp³-hybridized carbons (Fsp3) is 0.867. The Morgan fingerprint density at radius 2 is 1.75 bits per heavy atom. The van der Waals surface area contributed by atoms with Gasteiger partial charge < -0.3 is 14.4 Å². The van der Waals surface area contributed by atoms with Gasteiger partial charge in [-0.15, -0.1) is 0 Å². The molecule has 1 rings (SSSR count). The molecule has 1 amide bonds. The van der Waals surface area contributed by atoms with Crippen molar-refractivity contribution in [1.29, 1.82) is 0 Å². The SMILES string of the molecule is CCCC1(C(=O)OC)CCN(C(=O)OC(C)(C)C)CC1. The number of methoxy groups -OCH3 is 1. The van der Waals surface area contributed by atoms with Crippen LogP contribution in [0.5, 0.6) is 0 Å². The smallest absolute Gasteiger partial charge is 0.410 e. The fourth-order valence-electron chi connectivity index (χ4n) is 2.70. The molecule has 1 aliphatic rings. The van der Waals surface area contributed by atoms with Crippen LogP contribution in [0.4, 0.5) is 4.79 Å². The predicted octanol–water partition coefficient (Wildman–Crippen LogP) is 2.98. The Hall–Kier alpha value is -1.26. The molecule has 1 fully saturated rings. The van der Waals surface area contributed by atoms with E-state index in [0.29, 0.717) is 25.9 Å². The average Bonchev–Trinajstić information content (AvgIpc) is 2.36. The van der Waals surface area contributed by atoms with Crippen molar-refractivity contribution in [3.63, 3.8) is 0 Å². The van der Waals surface area contributed by atoms with Crippen LogP contribution in [0.15, 0.2) is 0 Å². The highest BCUT2D eigenvalue weighted by molar-refractivity contribution is 5.77. The van der Waals surface area contributed by atoms with E-state index in [1.165, 1.54) is 7.11 Å². The summed E-state index contributed by atoms with van der Waals surface area (Å²) in [6.45, 7) is 8.71. The van der Waals surface area contributed by atoms with Crippen molar-refractivity contribution in [3.8, 4) is 0 Å². The summed E-state index contributed by atoms with van der Waals surface area (Å²) >= 11 is 0. The minimum Gasteiger partial charge on any atom is -0.469 e. The lowest BCUT2D eigenvalue weighted by molar-refractivity contribution is -0.156. The maximum Gasteiger partial charge on any atom is 0.410 e. The Balaban J connectivity index is 2.65. The molecule has 0 spiro atoms. The molecule has 0 aromatic rings. The highest BCUT2D eigenvalue weighted by atomic mass is 16.6. The summed E-state index contributed by atoms with van der Waals surface area (Å²) in [7, 11) is 1.43. The second-order valence-corrected chi connectivity index (χ2v) is 6.49. The van der Waals surface area contributed by atoms with Gasteiger partial charge in [-0.25, -0.2) is 4.79 Å². The number of carbonyl (C=O) groups is 2. The van der Waals surface area contributed by atoms with Crippen LogP contribution in [0.2, 0.25) is 0 Å². The Bertz CT molecular complexity index is 351. The molecular weight excluding hydrogens is 258 g/mol. The summed E-state index contributed by atoms with van der Waals surface area (Å²) in [6, 6.07) is 0. The van der Waals surface area contributed by atoms with Gasteiger partial charge in [0, 0.05) is 13.1 Å². The number of hydrogen-bond acceptors (Lipinski definition) is 4. The van der Waals surface area contributed by atoms with E-state index in [9.17, 15) is 9.59 Å². The molecule has 116 valence electrons. The third-order valence-corrected chi connectivity index (χ3v) is 3.72. The highest BCUT2D eigenvalue weighted by Crippen LogP contribution is 2.37. The van der Waals surface area contributed by atoms with Crippen LogP contribution in [0, 0.1) is 5.41 Å². The number of nitrogens with zero attached hydrogens (tertiary/aromatic N) is 1. The van der Waals surface area contributed by atoms with E-state index in [1.807, 2.05) is 20.8 Å². The molecule has 0 aromatic carbocycles. The summed E-state index contributed by atoms with van der Waals surface area (Å²) < 4.78 is 10.3. The molecule has 1 saturated heterocycles. The minimum absolute atomic E-state index is 0.150. The topological polar surface area (TPSA) is 55.8 Å². The van der Waals surface area contributed by atoms with Crippen LogP contribution in [0.25, 0.3) is 0 Å². The van der Waals surface area contributed by atoms with E-state index in [4.69, 9.17) is 9.47 Å². The fourth-order valence-corrected chi connectivity index (χ4v) is 2.70. The molecule has 0 N–H and O–H groups in total. The first-order valence-electron chi connectivity index (χ1n) is 7.30. The first kappa shape index (κ1) is 16.8. The largest absolute Gasteiger partial charge is 0.469 e. The molecular formula is C15H27NO4. The van der Waals surface area contributed by atoms with E-state index in [0.717, 1.165) is 12.8 Å². The van der Waals surface area contributed by atoms with E-state index in [2.05, 4.69) is 6.92 Å². The molecule has 20 heavy (non-hydrogen) atoms. The van der Waals surface area contributed by atoms with Crippen molar-refractivity contribution < 1.29 is 19.1 Å². The maximum atomic E-state index is 12.0. The van der Waals surface area contributed by atoms with Gasteiger partial charge in [-0.2, -0.15) is 0 Å². The molecule has 0 saturated carbocycles. The molecule has 0 atom stereocenters. The zero-order valence-electron chi connectivity index (χ0n) is 13.3. The predicted molar refractivity (Wildman–Crippen MR) is 76.4 cm³/mol. The summed E-state index contributed by atoms with van der Waals surface area (Å²) in [5.41, 5.74) is -0.917.